The van der Waals surface area contributed by atoms with E-state index in [2.05, 4.69) is 11.4 Å². The second-order valence-electron chi connectivity index (χ2n) is 6.28. The Bertz CT molecular complexity index is 1040. The number of ether oxygens (including phenoxy) is 1. The summed E-state index contributed by atoms with van der Waals surface area (Å²) in [6, 6.07) is 16.2. The van der Waals surface area contributed by atoms with Gasteiger partial charge in [0.25, 0.3) is 5.56 Å². The molecule has 3 aromatic rings. The van der Waals surface area contributed by atoms with Crippen LogP contribution in [0, 0.1) is 6.92 Å². The van der Waals surface area contributed by atoms with Gasteiger partial charge >= 0.3 is 6.03 Å². The van der Waals surface area contributed by atoms with E-state index >= 15 is 0 Å². The molecule has 0 unspecified atom stereocenters. The lowest BCUT2D eigenvalue weighted by Gasteiger charge is -2.13. The molecule has 0 spiro atoms. The number of carbonyl (C=O) groups excluding carboxylic acids is 1. The van der Waals surface area contributed by atoms with Crippen molar-refractivity contribution in [3.8, 4) is 16.9 Å². The van der Waals surface area contributed by atoms with Crippen molar-refractivity contribution in [2.75, 3.05) is 12.4 Å². The smallest absolute Gasteiger partial charge is 0.316 e. The summed E-state index contributed by atoms with van der Waals surface area (Å²) in [5.74, 6) is 0.765. The highest BCUT2D eigenvalue weighted by Gasteiger charge is 2.09. The standard InChI is InChI=1S/C21H21N3O3/c1-14-4-3-5-16(10-14)18-11-15(6-8-19(18)27-2)12-24-13-17(23-21(22)26)7-9-20(24)25/h3-11,13H,12H2,1-2H3,(H3,22,23,26). The van der Waals surface area contributed by atoms with Crippen LogP contribution in [0.1, 0.15) is 11.1 Å². The van der Waals surface area contributed by atoms with Gasteiger partial charge < -0.3 is 20.4 Å². The summed E-state index contributed by atoms with van der Waals surface area (Å²) < 4.78 is 7.02. The molecule has 0 atom stereocenters. The number of hydrogen-bond donors (Lipinski definition) is 2. The van der Waals surface area contributed by atoms with Crippen LogP contribution in [0.2, 0.25) is 0 Å². The lowest BCUT2D eigenvalue weighted by Crippen LogP contribution is -2.23. The molecule has 0 radical (unpaired) electrons. The first-order valence-corrected chi connectivity index (χ1v) is 8.47. The fourth-order valence-corrected chi connectivity index (χ4v) is 2.96. The Morgan fingerprint density at radius 1 is 1.15 bits per heavy atom. The van der Waals surface area contributed by atoms with Crippen LogP contribution < -0.4 is 21.3 Å². The number of anilines is 1. The Labute approximate surface area is 157 Å². The first-order chi connectivity index (χ1) is 13.0. The number of carbonyl (C=O) groups is 1. The Morgan fingerprint density at radius 2 is 1.96 bits per heavy atom. The fraction of sp³-hybridized carbons (Fsp3) is 0.143. The summed E-state index contributed by atoms with van der Waals surface area (Å²) >= 11 is 0. The van der Waals surface area contributed by atoms with E-state index in [0.717, 1.165) is 28.0 Å². The van der Waals surface area contributed by atoms with Crippen molar-refractivity contribution in [1.29, 1.82) is 0 Å². The van der Waals surface area contributed by atoms with Crippen molar-refractivity contribution >= 4 is 11.7 Å². The van der Waals surface area contributed by atoms with E-state index in [1.54, 1.807) is 13.3 Å². The van der Waals surface area contributed by atoms with Gasteiger partial charge in [-0.2, -0.15) is 0 Å². The van der Waals surface area contributed by atoms with Crippen LogP contribution >= 0.6 is 0 Å². The number of amides is 2. The molecule has 0 aliphatic heterocycles. The molecule has 2 amide bonds. The molecular weight excluding hydrogens is 342 g/mol. The van der Waals surface area contributed by atoms with E-state index in [-0.39, 0.29) is 5.56 Å². The highest BCUT2D eigenvalue weighted by molar-refractivity contribution is 5.87. The van der Waals surface area contributed by atoms with E-state index in [0.29, 0.717) is 12.2 Å². The molecule has 6 nitrogen and oxygen atoms in total. The quantitative estimate of drug-likeness (QED) is 0.729. The van der Waals surface area contributed by atoms with E-state index in [1.807, 2.05) is 43.3 Å². The molecule has 0 saturated heterocycles. The second-order valence-corrected chi connectivity index (χ2v) is 6.28. The predicted octanol–water partition coefficient (Wildman–Crippen LogP) is 3.37. The molecule has 1 aromatic heterocycles. The summed E-state index contributed by atoms with van der Waals surface area (Å²) in [6.07, 6.45) is 1.57. The van der Waals surface area contributed by atoms with Gasteiger partial charge in [-0.3, -0.25) is 4.79 Å². The molecule has 3 rings (SSSR count). The third-order valence-electron chi connectivity index (χ3n) is 4.20. The number of nitrogens with one attached hydrogen (secondary N) is 1. The van der Waals surface area contributed by atoms with Gasteiger partial charge in [-0.25, -0.2) is 4.79 Å². The molecule has 138 valence electrons. The number of urea groups is 1. The first-order valence-electron chi connectivity index (χ1n) is 8.47. The van der Waals surface area contributed by atoms with Gasteiger partial charge in [-0.1, -0.05) is 35.9 Å². The number of nitrogens with two attached hydrogens (primary N) is 1. The number of benzene rings is 2. The van der Waals surface area contributed by atoms with E-state index in [9.17, 15) is 9.59 Å². The number of primary amides is 1. The Hall–Kier alpha value is -3.54. The van der Waals surface area contributed by atoms with Crippen molar-refractivity contribution in [1.82, 2.24) is 4.57 Å². The van der Waals surface area contributed by atoms with Crippen LogP contribution in [0.25, 0.3) is 11.1 Å². The number of methoxy groups -OCH3 is 1. The minimum atomic E-state index is -0.675. The van der Waals surface area contributed by atoms with Gasteiger partial charge in [0.05, 0.1) is 19.3 Å². The van der Waals surface area contributed by atoms with Gasteiger partial charge in [0, 0.05) is 17.8 Å². The van der Waals surface area contributed by atoms with Crippen molar-refractivity contribution in [2.45, 2.75) is 13.5 Å². The second kappa shape index (κ2) is 7.78. The average molecular weight is 363 g/mol. The number of aromatic nitrogens is 1. The molecule has 3 N–H and O–H groups in total. The van der Waals surface area contributed by atoms with Crippen LogP contribution in [0.5, 0.6) is 5.75 Å². The lowest BCUT2D eigenvalue weighted by atomic mass is 10.00. The predicted molar refractivity (Wildman–Crippen MR) is 106 cm³/mol. The highest BCUT2D eigenvalue weighted by atomic mass is 16.5. The molecule has 27 heavy (non-hydrogen) atoms. The number of nitrogens with zero attached hydrogens (tertiary/aromatic N) is 1. The Morgan fingerprint density at radius 3 is 2.67 bits per heavy atom. The number of aryl methyl sites for hydroxylation is 1. The summed E-state index contributed by atoms with van der Waals surface area (Å²) in [7, 11) is 1.64. The molecule has 0 aliphatic rings. The highest BCUT2D eigenvalue weighted by Crippen LogP contribution is 2.31. The Balaban J connectivity index is 1.98. The van der Waals surface area contributed by atoms with Crippen LogP contribution in [0.4, 0.5) is 10.5 Å². The largest absolute Gasteiger partial charge is 0.496 e. The van der Waals surface area contributed by atoms with Crippen molar-refractivity contribution in [2.24, 2.45) is 5.73 Å². The molecule has 0 saturated carbocycles. The van der Waals surface area contributed by atoms with Crippen molar-refractivity contribution in [3.05, 3.63) is 82.3 Å². The molecule has 0 aliphatic carbocycles. The van der Waals surface area contributed by atoms with E-state index in [4.69, 9.17) is 10.5 Å². The maximum absolute atomic E-state index is 12.2. The fourth-order valence-electron chi connectivity index (χ4n) is 2.96. The Kier molecular flexibility index (Phi) is 5.26. The summed E-state index contributed by atoms with van der Waals surface area (Å²) in [6.45, 7) is 2.40. The van der Waals surface area contributed by atoms with Gasteiger partial charge in [0.1, 0.15) is 5.75 Å². The van der Waals surface area contributed by atoms with Gasteiger partial charge in [0.2, 0.25) is 0 Å². The van der Waals surface area contributed by atoms with Crippen LogP contribution in [0.15, 0.2) is 65.6 Å². The van der Waals surface area contributed by atoms with Crippen LogP contribution in [-0.4, -0.2) is 17.7 Å². The molecular formula is C21H21N3O3. The maximum Gasteiger partial charge on any atom is 0.316 e. The van der Waals surface area contributed by atoms with Gasteiger partial charge in [0.15, 0.2) is 0 Å². The summed E-state index contributed by atoms with van der Waals surface area (Å²) in [5.41, 5.74) is 9.53. The zero-order chi connectivity index (χ0) is 19.4. The maximum atomic E-state index is 12.2. The monoisotopic (exact) mass is 363 g/mol. The number of rotatable bonds is 5. The number of hydrogen-bond acceptors (Lipinski definition) is 3. The minimum Gasteiger partial charge on any atom is -0.496 e. The molecule has 6 heteroatoms. The number of pyridine rings is 1. The summed E-state index contributed by atoms with van der Waals surface area (Å²) in [4.78, 5) is 23.2. The van der Waals surface area contributed by atoms with Crippen LogP contribution in [0.3, 0.4) is 0 Å². The van der Waals surface area contributed by atoms with Crippen molar-refractivity contribution in [3.63, 3.8) is 0 Å². The van der Waals surface area contributed by atoms with Gasteiger partial charge in [-0.15, -0.1) is 0 Å². The molecule has 0 bridgehead atoms. The zero-order valence-corrected chi connectivity index (χ0v) is 15.2. The third-order valence-corrected chi connectivity index (χ3v) is 4.20. The van der Waals surface area contributed by atoms with E-state index < -0.39 is 6.03 Å². The normalized spacial score (nSPS) is 10.4. The SMILES string of the molecule is COc1ccc(Cn2cc(NC(N)=O)ccc2=O)cc1-c1cccc(C)c1. The first kappa shape index (κ1) is 18.3. The molecule has 0 fully saturated rings. The molecule has 2 aromatic carbocycles. The van der Waals surface area contributed by atoms with Gasteiger partial charge in [-0.05, 0) is 36.2 Å². The third kappa shape index (κ3) is 4.36. The minimum absolute atomic E-state index is 0.169. The zero-order valence-electron chi connectivity index (χ0n) is 15.2. The topological polar surface area (TPSA) is 86.3 Å². The lowest BCUT2D eigenvalue weighted by molar-refractivity contribution is 0.259. The summed E-state index contributed by atoms with van der Waals surface area (Å²) in [5, 5.41) is 2.48. The average Bonchev–Trinajstić information content (AvgIpc) is 2.64. The van der Waals surface area contributed by atoms with Crippen LogP contribution in [-0.2, 0) is 6.54 Å². The van der Waals surface area contributed by atoms with E-state index in [1.165, 1.54) is 16.7 Å². The molecule has 1 heterocycles. The van der Waals surface area contributed by atoms with Crippen molar-refractivity contribution < 1.29 is 9.53 Å².